The van der Waals surface area contributed by atoms with Crippen LogP contribution < -0.4 is 5.32 Å². The molecule has 1 saturated heterocycles. The van der Waals surface area contributed by atoms with E-state index in [0.29, 0.717) is 18.3 Å². The van der Waals surface area contributed by atoms with Crippen LogP contribution in [0.1, 0.15) is 76.0 Å². The average molecular weight is 412 g/mol. The van der Waals surface area contributed by atoms with Gasteiger partial charge in [-0.05, 0) is 43.7 Å². The third kappa shape index (κ3) is 3.73. The number of nitrogens with zero attached hydrogens (tertiary/aromatic N) is 1. The van der Waals surface area contributed by atoms with Crippen molar-refractivity contribution in [2.24, 2.45) is 11.8 Å². The van der Waals surface area contributed by atoms with Crippen LogP contribution in [0.5, 0.6) is 0 Å². The van der Waals surface area contributed by atoms with Gasteiger partial charge in [-0.15, -0.1) is 0 Å². The van der Waals surface area contributed by atoms with Crippen LogP contribution in [0.15, 0.2) is 12.2 Å². The number of piperazine rings is 1. The summed E-state index contributed by atoms with van der Waals surface area (Å²) in [4.78, 5) is 32.0. The number of nitrogens with one attached hydrogen (secondary N) is 2. The Bertz CT molecular complexity index is 919. The molecule has 1 aromatic rings. The molecule has 4 unspecified atom stereocenters. The first-order valence-corrected chi connectivity index (χ1v) is 11.0. The summed E-state index contributed by atoms with van der Waals surface area (Å²) in [6.07, 6.45) is 10.1. The minimum Gasteiger partial charge on any atom is -0.390 e. The van der Waals surface area contributed by atoms with Gasteiger partial charge in [0, 0.05) is 29.8 Å². The molecule has 1 fully saturated rings. The Balaban J connectivity index is 1.78. The van der Waals surface area contributed by atoms with Crippen molar-refractivity contribution >= 4 is 24.0 Å². The molecule has 1 aliphatic carbocycles. The molecule has 3 aliphatic rings. The van der Waals surface area contributed by atoms with Crippen molar-refractivity contribution in [1.82, 2.24) is 15.2 Å². The van der Waals surface area contributed by atoms with Crippen molar-refractivity contribution < 1.29 is 14.7 Å². The zero-order valence-corrected chi connectivity index (χ0v) is 18.5. The molecule has 0 radical (unpaired) electrons. The summed E-state index contributed by atoms with van der Waals surface area (Å²) in [6, 6.07) is -1.38. The molecule has 1 aromatic heterocycles. The minimum atomic E-state index is -1.04. The van der Waals surface area contributed by atoms with Gasteiger partial charge in [0.25, 0.3) is 0 Å². The fraction of sp³-hybridized carbons (Fsp3) is 0.583. The average Bonchev–Trinajstić information content (AvgIpc) is 2.87. The number of hydrogen-bond acceptors (Lipinski definition) is 3. The number of H-pyrrole nitrogens is 1. The monoisotopic (exact) mass is 411 g/mol. The predicted molar refractivity (Wildman–Crippen MR) is 117 cm³/mol. The van der Waals surface area contributed by atoms with E-state index in [1.54, 1.807) is 18.7 Å². The van der Waals surface area contributed by atoms with Crippen LogP contribution in [0.2, 0.25) is 0 Å². The van der Waals surface area contributed by atoms with Crippen molar-refractivity contribution in [2.45, 2.75) is 77.6 Å². The molecule has 3 N–H and O–H groups in total. The maximum Gasteiger partial charge on any atom is 0.246 e. The van der Waals surface area contributed by atoms with Crippen molar-refractivity contribution in [3.05, 3.63) is 34.7 Å². The number of allylic oxidation sites excluding steroid dienone is 2. The molecule has 6 heteroatoms. The van der Waals surface area contributed by atoms with Gasteiger partial charge < -0.3 is 20.3 Å². The van der Waals surface area contributed by atoms with E-state index in [-0.39, 0.29) is 24.3 Å². The van der Waals surface area contributed by atoms with E-state index < -0.39 is 17.7 Å². The molecule has 6 nitrogen and oxygen atoms in total. The highest BCUT2D eigenvalue weighted by Crippen LogP contribution is 2.42. The lowest BCUT2D eigenvalue weighted by Gasteiger charge is -2.47. The molecular weight excluding hydrogens is 378 g/mol. The van der Waals surface area contributed by atoms with Gasteiger partial charge in [-0.25, -0.2) is 0 Å². The Hall–Kier alpha value is -2.34. The number of fused-ring (bicyclic) bond motifs is 4. The van der Waals surface area contributed by atoms with Gasteiger partial charge in [0.2, 0.25) is 11.8 Å². The number of carbonyl (C=O) groups is 2. The highest BCUT2D eigenvalue weighted by molar-refractivity contribution is 5.98. The van der Waals surface area contributed by atoms with Crippen LogP contribution in [0.25, 0.3) is 12.2 Å². The van der Waals surface area contributed by atoms with E-state index in [9.17, 15) is 14.7 Å². The van der Waals surface area contributed by atoms with E-state index in [2.05, 4.69) is 55.4 Å². The largest absolute Gasteiger partial charge is 0.390 e. The van der Waals surface area contributed by atoms with Crippen molar-refractivity contribution in [3.63, 3.8) is 0 Å². The summed E-state index contributed by atoms with van der Waals surface area (Å²) < 4.78 is 0. The summed E-state index contributed by atoms with van der Waals surface area (Å²) in [5.74, 6) is 0.499. The van der Waals surface area contributed by atoms with Gasteiger partial charge >= 0.3 is 0 Å². The van der Waals surface area contributed by atoms with E-state index >= 15 is 0 Å². The van der Waals surface area contributed by atoms with Crippen LogP contribution >= 0.6 is 0 Å². The third-order valence-corrected chi connectivity index (χ3v) is 6.31. The number of aromatic nitrogens is 1. The number of aromatic amines is 1. The van der Waals surface area contributed by atoms with Crippen LogP contribution in [0.3, 0.4) is 0 Å². The quantitative estimate of drug-likeness (QED) is 0.711. The Labute approximate surface area is 178 Å². The Morgan fingerprint density at radius 3 is 2.60 bits per heavy atom. The molecule has 0 saturated carbocycles. The summed E-state index contributed by atoms with van der Waals surface area (Å²) in [7, 11) is 0. The number of amides is 2. The maximum atomic E-state index is 13.5. The number of rotatable bonds is 4. The minimum absolute atomic E-state index is 0.0949. The lowest BCUT2D eigenvalue weighted by Crippen LogP contribution is -2.66. The van der Waals surface area contributed by atoms with E-state index in [1.807, 2.05) is 0 Å². The second kappa shape index (κ2) is 7.41. The lowest BCUT2D eigenvalue weighted by atomic mass is 9.83. The summed E-state index contributed by atoms with van der Waals surface area (Å²) in [5, 5.41) is 13.1. The molecule has 3 heterocycles. The molecule has 30 heavy (non-hydrogen) atoms. The van der Waals surface area contributed by atoms with Crippen LogP contribution in [0, 0.1) is 11.8 Å². The zero-order chi connectivity index (χ0) is 21.8. The van der Waals surface area contributed by atoms with E-state index in [0.717, 1.165) is 28.9 Å². The van der Waals surface area contributed by atoms with Crippen molar-refractivity contribution in [3.8, 4) is 0 Å². The fourth-order valence-corrected chi connectivity index (χ4v) is 4.98. The molecule has 162 valence electrons. The van der Waals surface area contributed by atoms with Gasteiger partial charge in [0.15, 0.2) is 0 Å². The maximum absolute atomic E-state index is 13.5. The smallest absolute Gasteiger partial charge is 0.246 e. The molecule has 0 bridgehead atoms. The van der Waals surface area contributed by atoms with Crippen LogP contribution in [-0.4, -0.2) is 44.5 Å². The standard InChI is InChI=1S/C24H33N3O3/c1-13(2)10-19-21-16(15-8-6-14(3)7-9-17(15)25-21)11-20-22(28)26-18(12-24(4,5)30)23(29)27(19)20/h6-9,13-14,18-20,25,30H,10-12H2,1-5H3,(H,26,28). The summed E-state index contributed by atoms with van der Waals surface area (Å²) >= 11 is 0. The van der Waals surface area contributed by atoms with Gasteiger partial charge in [-0.1, -0.05) is 39.0 Å². The Kier molecular flexibility index (Phi) is 5.17. The Morgan fingerprint density at radius 1 is 1.23 bits per heavy atom. The summed E-state index contributed by atoms with van der Waals surface area (Å²) in [5.41, 5.74) is 3.35. The SMILES string of the molecule is CC1C=Cc2[nH]c3c(c2C=C1)CC1C(=O)NC(CC(C)(C)O)C(=O)N1C3CC(C)C. The highest BCUT2D eigenvalue weighted by atomic mass is 16.3. The topological polar surface area (TPSA) is 85.4 Å². The molecule has 4 rings (SSSR count). The number of carbonyl (C=O) groups excluding carboxylic acids is 2. The first kappa shape index (κ1) is 20.9. The lowest BCUT2D eigenvalue weighted by molar-refractivity contribution is -0.155. The molecule has 2 aliphatic heterocycles. The number of hydrogen-bond donors (Lipinski definition) is 3. The van der Waals surface area contributed by atoms with E-state index in [1.165, 1.54) is 0 Å². The second-order valence-electron chi connectivity index (χ2n) is 10.1. The summed E-state index contributed by atoms with van der Waals surface area (Å²) in [6.45, 7) is 9.76. The van der Waals surface area contributed by atoms with Crippen molar-refractivity contribution in [1.29, 1.82) is 0 Å². The van der Waals surface area contributed by atoms with Crippen molar-refractivity contribution in [2.75, 3.05) is 0 Å². The van der Waals surface area contributed by atoms with Crippen LogP contribution in [0.4, 0.5) is 0 Å². The third-order valence-electron chi connectivity index (χ3n) is 6.31. The predicted octanol–water partition coefficient (Wildman–Crippen LogP) is 3.19. The zero-order valence-electron chi connectivity index (χ0n) is 18.5. The van der Waals surface area contributed by atoms with Crippen LogP contribution in [-0.2, 0) is 16.0 Å². The Morgan fingerprint density at radius 2 is 1.93 bits per heavy atom. The van der Waals surface area contributed by atoms with Gasteiger partial charge in [-0.3, -0.25) is 9.59 Å². The highest BCUT2D eigenvalue weighted by Gasteiger charge is 2.49. The number of aliphatic hydroxyl groups is 1. The normalized spacial score (nSPS) is 28.2. The first-order chi connectivity index (χ1) is 14.0. The molecule has 0 spiro atoms. The fourth-order valence-electron chi connectivity index (χ4n) is 4.98. The second-order valence-corrected chi connectivity index (χ2v) is 10.1. The molecule has 4 atom stereocenters. The first-order valence-electron chi connectivity index (χ1n) is 11.0. The van der Waals surface area contributed by atoms with Gasteiger partial charge in [-0.2, -0.15) is 0 Å². The molecular formula is C24H33N3O3. The van der Waals surface area contributed by atoms with E-state index in [4.69, 9.17) is 0 Å². The van der Waals surface area contributed by atoms with Gasteiger partial charge in [0.1, 0.15) is 12.1 Å². The molecule has 2 amide bonds. The molecule has 0 aromatic carbocycles. The van der Waals surface area contributed by atoms with Gasteiger partial charge in [0.05, 0.1) is 11.6 Å².